The van der Waals surface area contributed by atoms with Crippen molar-refractivity contribution in [3.8, 4) is 5.88 Å². The number of nitrogens with zero attached hydrogens (tertiary/aromatic N) is 1. The van der Waals surface area contributed by atoms with Crippen molar-refractivity contribution in [2.75, 3.05) is 5.32 Å². The zero-order valence-electron chi connectivity index (χ0n) is 14.4. The van der Waals surface area contributed by atoms with E-state index in [0.717, 1.165) is 16.5 Å². The summed E-state index contributed by atoms with van der Waals surface area (Å²) in [7, 11) is 0. The Labute approximate surface area is 156 Å². The average molecular weight is 355 g/mol. The molecule has 4 aromatic rings. The lowest BCUT2D eigenvalue weighted by molar-refractivity contribution is -0.105. The molecule has 3 N–H and O–H groups in total. The van der Waals surface area contributed by atoms with Gasteiger partial charge in [0, 0.05) is 22.2 Å². The predicted molar refractivity (Wildman–Crippen MR) is 108 cm³/mol. The lowest BCUT2D eigenvalue weighted by atomic mass is 10.0. The lowest BCUT2D eigenvalue weighted by Gasteiger charge is -2.08. The van der Waals surface area contributed by atoms with E-state index in [1.54, 1.807) is 12.1 Å². The first-order chi connectivity index (χ1) is 13.3. The number of hydrogen-bond acceptors (Lipinski definition) is 3. The molecule has 1 amide bonds. The maximum absolute atomic E-state index is 10.7. The molecule has 0 aliphatic heterocycles. The third kappa shape index (κ3) is 3.30. The van der Waals surface area contributed by atoms with Gasteiger partial charge in [0.15, 0.2) is 5.88 Å². The molecule has 0 aliphatic rings. The summed E-state index contributed by atoms with van der Waals surface area (Å²) in [6.45, 7) is 0. The fourth-order valence-corrected chi connectivity index (χ4v) is 3.09. The molecule has 0 spiro atoms. The second kappa shape index (κ2) is 7.17. The molecule has 0 unspecified atom stereocenters. The van der Waals surface area contributed by atoms with E-state index in [4.69, 9.17) is 4.99 Å². The van der Waals surface area contributed by atoms with Crippen LogP contribution in [-0.4, -0.2) is 22.2 Å². The smallest absolute Gasteiger partial charge is 0.211 e. The molecule has 1 heterocycles. The fraction of sp³-hybridized carbons (Fsp3) is 0. The van der Waals surface area contributed by atoms with Crippen LogP contribution in [0.4, 0.5) is 11.4 Å². The van der Waals surface area contributed by atoms with E-state index in [9.17, 15) is 9.90 Å². The number of carbonyl (C=O) groups excluding carboxylic acids is 1. The minimum atomic E-state index is 0.0703. The summed E-state index contributed by atoms with van der Waals surface area (Å²) in [5.41, 5.74) is 4.34. The Bertz CT molecular complexity index is 1130. The van der Waals surface area contributed by atoms with Crippen LogP contribution in [-0.2, 0) is 4.79 Å². The van der Waals surface area contributed by atoms with Gasteiger partial charge in [0.05, 0.1) is 17.0 Å². The first kappa shape index (κ1) is 16.6. The number of benzene rings is 3. The maximum Gasteiger partial charge on any atom is 0.211 e. The molecule has 27 heavy (non-hydrogen) atoms. The van der Waals surface area contributed by atoms with Crippen LogP contribution in [0.15, 0.2) is 83.9 Å². The molecule has 0 radical (unpaired) electrons. The Morgan fingerprint density at radius 3 is 2.56 bits per heavy atom. The number of H-pyrrole nitrogens is 1. The second-order valence-electron chi connectivity index (χ2n) is 6.03. The number of amides is 1. The number of rotatable bonds is 5. The molecular formula is C22H17N3O2. The molecule has 3 aromatic carbocycles. The molecular weight excluding hydrogens is 338 g/mol. The molecule has 4 rings (SSSR count). The van der Waals surface area contributed by atoms with Gasteiger partial charge in [-0.3, -0.25) is 4.79 Å². The molecule has 0 atom stereocenters. The molecule has 5 heteroatoms. The van der Waals surface area contributed by atoms with Crippen LogP contribution in [0.5, 0.6) is 5.88 Å². The summed E-state index contributed by atoms with van der Waals surface area (Å²) in [4.78, 5) is 18.5. The van der Waals surface area contributed by atoms with Gasteiger partial charge in [-0.25, -0.2) is 4.99 Å². The normalized spacial score (nSPS) is 11.5. The van der Waals surface area contributed by atoms with Gasteiger partial charge in [-0.05, 0) is 24.3 Å². The summed E-state index contributed by atoms with van der Waals surface area (Å²) in [5, 5.41) is 14.1. The summed E-state index contributed by atoms with van der Waals surface area (Å²) in [5.74, 6) is 0.0703. The third-order valence-corrected chi connectivity index (χ3v) is 4.28. The van der Waals surface area contributed by atoms with Gasteiger partial charge in [-0.1, -0.05) is 54.6 Å². The Kier molecular flexibility index (Phi) is 4.41. The van der Waals surface area contributed by atoms with Crippen LogP contribution >= 0.6 is 0 Å². The van der Waals surface area contributed by atoms with Crippen molar-refractivity contribution in [3.05, 3.63) is 90.0 Å². The Morgan fingerprint density at radius 1 is 0.963 bits per heavy atom. The zero-order valence-corrected chi connectivity index (χ0v) is 14.4. The number of anilines is 1. The van der Waals surface area contributed by atoms with Crippen molar-refractivity contribution >= 4 is 34.4 Å². The van der Waals surface area contributed by atoms with Gasteiger partial charge in [0.1, 0.15) is 0 Å². The SMILES string of the molecule is O=CNc1cccc(N=C(c2ccccc2)c2c(O)[nH]c3ccccc23)c1. The average Bonchev–Trinajstić information content (AvgIpc) is 3.03. The number of nitrogens with one attached hydrogen (secondary N) is 2. The number of aromatic nitrogens is 1. The maximum atomic E-state index is 10.7. The third-order valence-electron chi connectivity index (χ3n) is 4.28. The lowest BCUT2D eigenvalue weighted by Crippen LogP contribution is -2.03. The van der Waals surface area contributed by atoms with Gasteiger partial charge in [0.25, 0.3) is 0 Å². The van der Waals surface area contributed by atoms with Gasteiger partial charge in [0.2, 0.25) is 6.41 Å². The molecule has 0 bridgehead atoms. The Balaban J connectivity index is 1.94. The number of hydrogen-bond donors (Lipinski definition) is 3. The van der Waals surface area contributed by atoms with Crippen molar-refractivity contribution in [1.29, 1.82) is 0 Å². The number of aliphatic imine (C=N–C) groups is 1. The fourth-order valence-electron chi connectivity index (χ4n) is 3.09. The zero-order chi connectivity index (χ0) is 18.6. The summed E-state index contributed by atoms with van der Waals surface area (Å²) >= 11 is 0. The van der Waals surface area contributed by atoms with E-state index < -0.39 is 0 Å². The standard InChI is InChI=1S/C22H17N3O2/c26-14-23-16-9-6-10-17(13-16)24-21(15-7-2-1-3-8-15)20-18-11-4-5-12-19(18)25-22(20)27/h1-14,25,27H,(H,23,26). The highest BCUT2D eigenvalue weighted by molar-refractivity contribution is 6.21. The Hall–Kier alpha value is -3.86. The van der Waals surface area contributed by atoms with Crippen LogP contribution in [0.25, 0.3) is 10.9 Å². The number of carbonyl (C=O) groups is 1. The first-order valence-corrected chi connectivity index (χ1v) is 8.50. The highest BCUT2D eigenvalue weighted by Crippen LogP contribution is 2.31. The molecule has 0 saturated carbocycles. The van der Waals surface area contributed by atoms with E-state index in [0.29, 0.717) is 29.1 Å². The van der Waals surface area contributed by atoms with Crippen molar-refractivity contribution in [2.45, 2.75) is 0 Å². The van der Waals surface area contributed by atoms with Crippen molar-refractivity contribution < 1.29 is 9.90 Å². The van der Waals surface area contributed by atoms with Crippen LogP contribution in [0, 0.1) is 0 Å². The summed E-state index contributed by atoms with van der Waals surface area (Å²) in [6, 6.07) is 24.6. The molecule has 1 aromatic heterocycles. The number of aromatic amines is 1. The highest BCUT2D eigenvalue weighted by atomic mass is 16.3. The van der Waals surface area contributed by atoms with Gasteiger partial charge >= 0.3 is 0 Å². The van der Waals surface area contributed by atoms with Crippen LogP contribution in [0.2, 0.25) is 0 Å². The van der Waals surface area contributed by atoms with Crippen molar-refractivity contribution in [2.24, 2.45) is 4.99 Å². The molecule has 132 valence electrons. The quantitative estimate of drug-likeness (QED) is 0.361. The Morgan fingerprint density at radius 2 is 1.74 bits per heavy atom. The molecule has 0 saturated heterocycles. The molecule has 0 fully saturated rings. The van der Waals surface area contributed by atoms with E-state index >= 15 is 0 Å². The van der Waals surface area contributed by atoms with E-state index in [1.807, 2.05) is 66.7 Å². The monoisotopic (exact) mass is 355 g/mol. The minimum absolute atomic E-state index is 0.0703. The predicted octanol–water partition coefficient (Wildman–Crippen LogP) is 4.61. The van der Waals surface area contributed by atoms with Gasteiger partial charge in [-0.15, -0.1) is 0 Å². The minimum Gasteiger partial charge on any atom is -0.494 e. The highest BCUT2D eigenvalue weighted by Gasteiger charge is 2.18. The van der Waals surface area contributed by atoms with Crippen molar-refractivity contribution in [1.82, 2.24) is 4.98 Å². The first-order valence-electron chi connectivity index (χ1n) is 8.50. The van der Waals surface area contributed by atoms with E-state index in [2.05, 4.69) is 10.3 Å². The van der Waals surface area contributed by atoms with E-state index in [1.165, 1.54) is 0 Å². The van der Waals surface area contributed by atoms with Crippen molar-refractivity contribution in [3.63, 3.8) is 0 Å². The number of para-hydroxylation sites is 1. The molecule has 5 nitrogen and oxygen atoms in total. The van der Waals surface area contributed by atoms with E-state index in [-0.39, 0.29) is 5.88 Å². The summed E-state index contributed by atoms with van der Waals surface area (Å²) in [6.07, 6.45) is 0.631. The largest absolute Gasteiger partial charge is 0.494 e. The molecule has 0 aliphatic carbocycles. The number of aromatic hydroxyl groups is 1. The topological polar surface area (TPSA) is 77.5 Å². The summed E-state index contributed by atoms with van der Waals surface area (Å²) < 4.78 is 0. The van der Waals surface area contributed by atoms with Crippen LogP contribution in [0.3, 0.4) is 0 Å². The van der Waals surface area contributed by atoms with Gasteiger partial charge < -0.3 is 15.4 Å². The van der Waals surface area contributed by atoms with Crippen LogP contribution in [0.1, 0.15) is 11.1 Å². The van der Waals surface area contributed by atoms with Crippen LogP contribution < -0.4 is 5.32 Å². The second-order valence-corrected chi connectivity index (χ2v) is 6.03. The van der Waals surface area contributed by atoms with Gasteiger partial charge in [-0.2, -0.15) is 0 Å². The number of fused-ring (bicyclic) bond motifs is 1.